The summed E-state index contributed by atoms with van der Waals surface area (Å²) in [5.74, 6) is -0.156. The maximum atomic E-state index is 13.6. The van der Waals surface area contributed by atoms with Crippen LogP contribution in [-0.2, 0) is 11.3 Å². The minimum absolute atomic E-state index is 0.0364. The van der Waals surface area contributed by atoms with Gasteiger partial charge in [-0.1, -0.05) is 24.3 Å². The maximum absolute atomic E-state index is 13.6. The molecule has 0 saturated heterocycles. The van der Waals surface area contributed by atoms with Crippen LogP contribution in [0.15, 0.2) is 53.4 Å². The Morgan fingerprint density at radius 3 is 2.46 bits per heavy atom. The van der Waals surface area contributed by atoms with Crippen molar-refractivity contribution in [2.75, 3.05) is 5.75 Å². The van der Waals surface area contributed by atoms with E-state index in [1.54, 1.807) is 35.2 Å². The first-order valence-electron chi connectivity index (χ1n) is 7.67. The van der Waals surface area contributed by atoms with Crippen molar-refractivity contribution in [1.82, 2.24) is 4.90 Å². The first-order valence-corrected chi connectivity index (χ1v) is 8.65. The zero-order valence-electron chi connectivity index (χ0n) is 13.7. The molecule has 0 aliphatic carbocycles. The van der Waals surface area contributed by atoms with Crippen molar-refractivity contribution >= 4 is 17.7 Å². The molecule has 0 aliphatic heterocycles. The number of hydrogen-bond acceptors (Lipinski definition) is 3. The fourth-order valence-corrected chi connectivity index (χ4v) is 3.05. The van der Waals surface area contributed by atoms with Crippen LogP contribution >= 0.6 is 11.8 Å². The van der Waals surface area contributed by atoms with Gasteiger partial charge in [-0.3, -0.25) is 4.79 Å². The highest BCUT2D eigenvalue weighted by Crippen LogP contribution is 2.22. The number of nitrogens with zero attached hydrogens (tertiary/aromatic N) is 2. The number of rotatable bonds is 6. The topological polar surface area (TPSA) is 44.1 Å². The van der Waals surface area contributed by atoms with E-state index in [0.717, 1.165) is 5.56 Å². The van der Waals surface area contributed by atoms with Crippen molar-refractivity contribution in [1.29, 1.82) is 5.26 Å². The minimum Gasteiger partial charge on any atom is -0.335 e. The monoisotopic (exact) mass is 342 g/mol. The molecule has 0 N–H and O–H groups in total. The zero-order chi connectivity index (χ0) is 17.5. The van der Waals surface area contributed by atoms with Crippen LogP contribution < -0.4 is 0 Å². The van der Waals surface area contributed by atoms with Gasteiger partial charge >= 0.3 is 0 Å². The number of carbonyl (C=O) groups is 1. The van der Waals surface area contributed by atoms with E-state index in [2.05, 4.69) is 6.07 Å². The second-order valence-electron chi connectivity index (χ2n) is 5.64. The van der Waals surface area contributed by atoms with E-state index in [-0.39, 0.29) is 23.5 Å². The Kier molecular flexibility index (Phi) is 6.39. The maximum Gasteiger partial charge on any atom is 0.233 e. The summed E-state index contributed by atoms with van der Waals surface area (Å²) in [5, 5.41) is 8.84. The molecule has 0 radical (unpaired) electrons. The number of hydrogen-bond donors (Lipinski definition) is 0. The Bertz CT molecular complexity index is 738. The second-order valence-corrected chi connectivity index (χ2v) is 6.66. The Labute approximate surface area is 146 Å². The van der Waals surface area contributed by atoms with Gasteiger partial charge in [0.2, 0.25) is 5.91 Å². The summed E-state index contributed by atoms with van der Waals surface area (Å²) < 4.78 is 13.6. The Morgan fingerprint density at radius 1 is 1.21 bits per heavy atom. The van der Waals surface area contributed by atoms with Gasteiger partial charge in [-0.05, 0) is 43.7 Å². The Balaban J connectivity index is 2.02. The predicted octanol–water partition coefficient (Wildman–Crippen LogP) is 4.23. The highest BCUT2D eigenvalue weighted by molar-refractivity contribution is 8.00. The van der Waals surface area contributed by atoms with Crippen LogP contribution in [0.4, 0.5) is 4.39 Å². The molecule has 1 amide bonds. The molecule has 0 bridgehead atoms. The molecule has 2 aromatic carbocycles. The Morgan fingerprint density at radius 2 is 1.88 bits per heavy atom. The normalized spacial score (nSPS) is 10.5. The standard InChI is InChI=1S/C19H19FN2OS/c1-14(2)22(12-16-9-7-15(11-21)8-10-16)19(23)13-24-18-6-4-3-5-17(18)20/h3-10,14H,12-13H2,1-2H3. The number of carbonyl (C=O) groups excluding carboxylic acids is 1. The van der Waals surface area contributed by atoms with Crippen LogP contribution in [0, 0.1) is 17.1 Å². The van der Waals surface area contributed by atoms with E-state index in [4.69, 9.17) is 5.26 Å². The van der Waals surface area contributed by atoms with Crippen molar-refractivity contribution in [3.05, 3.63) is 65.5 Å². The van der Waals surface area contributed by atoms with E-state index < -0.39 is 0 Å². The second kappa shape index (κ2) is 8.51. The number of thioether (sulfide) groups is 1. The molecule has 2 aromatic rings. The lowest BCUT2D eigenvalue weighted by molar-refractivity contribution is -0.130. The third-order valence-electron chi connectivity index (χ3n) is 3.57. The van der Waals surface area contributed by atoms with E-state index in [0.29, 0.717) is 17.0 Å². The molecule has 0 saturated carbocycles. The van der Waals surface area contributed by atoms with Gasteiger partial charge in [0.1, 0.15) is 5.82 Å². The molecule has 5 heteroatoms. The summed E-state index contributed by atoms with van der Waals surface area (Å²) in [6.07, 6.45) is 0. The van der Waals surface area contributed by atoms with Crippen molar-refractivity contribution < 1.29 is 9.18 Å². The lowest BCUT2D eigenvalue weighted by atomic mass is 10.1. The molecule has 0 atom stereocenters. The van der Waals surface area contributed by atoms with Gasteiger partial charge in [0.05, 0.1) is 17.4 Å². The SMILES string of the molecule is CC(C)N(Cc1ccc(C#N)cc1)C(=O)CSc1ccccc1F. The van der Waals surface area contributed by atoms with Crippen molar-refractivity contribution in [2.24, 2.45) is 0 Å². The van der Waals surface area contributed by atoms with Gasteiger partial charge in [0.15, 0.2) is 0 Å². The van der Waals surface area contributed by atoms with E-state index in [1.807, 2.05) is 26.0 Å². The molecule has 0 spiro atoms. The number of nitriles is 1. The molecule has 2 rings (SSSR count). The molecular formula is C19H19FN2OS. The number of benzene rings is 2. The van der Waals surface area contributed by atoms with Crippen LogP contribution in [0.2, 0.25) is 0 Å². The van der Waals surface area contributed by atoms with Crippen LogP contribution in [0.25, 0.3) is 0 Å². The molecule has 3 nitrogen and oxygen atoms in total. The van der Waals surface area contributed by atoms with E-state index >= 15 is 0 Å². The summed E-state index contributed by atoms with van der Waals surface area (Å²) in [6.45, 7) is 4.38. The van der Waals surface area contributed by atoms with Crippen molar-refractivity contribution in [2.45, 2.75) is 31.3 Å². The van der Waals surface area contributed by atoms with Crippen LogP contribution in [0.1, 0.15) is 25.0 Å². The van der Waals surface area contributed by atoms with Gasteiger partial charge in [0, 0.05) is 17.5 Å². The third kappa shape index (κ3) is 4.84. The fraction of sp³-hybridized carbons (Fsp3) is 0.263. The van der Waals surface area contributed by atoms with Crippen LogP contribution in [0.3, 0.4) is 0 Å². The predicted molar refractivity (Wildman–Crippen MR) is 94.0 cm³/mol. The molecule has 24 heavy (non-hydrogen) atoms. The molecule has 0 unspecified atom stereocenters. The number of amides is 1. The van der Waals surface area contributed by atoms with Crippen molar-refractivity contribution in [3.63, 3.8) is 0 Å². The van der Waals surface area contributed by atoms with Gasteiger partial charge in [-0.25, -0.2) is 4.39 Å². The summed E-state index contributed by atoms with van der Waals surface area (Å²) in [5.41, 5.74) is 1.56. The molecule has 124 valence electrons. The largest absolute Gasteiger partial charge is 0.335 e. The average Bonchev–Trinajstić information content (AvgIpc) is 2.59. The van der Waals surface area contributed by atoms with E-state index in [1.165, 1.54) is 17.8 Å². The van der Waals surface area contributed by atoms with E-state index in [9.17, 15) is 9.18 Å². The van der Waals surface area contributed by atoms with Gasteiger partial charge in [-0.15, -0.1) is 11.8 Å². The quantitative estimate of drug-likeness (QED) is 0.738. The average molecular weight is 342 g/mol. The lowest BCUT2D eigenvalue weighted by Gasteiger charge is -2.27. The first-order chi connectivity index (χ1) is 11.5. The summed E-state index contributed by atoms with van der Waals surface area (Å²) >= 11 is 1.21. The summed E-state index contributed by atoms with van der Waals surface area (Å²) in [7, 11) is 0. The molecule has 0 aliphatic rings. The van der Waals surface area contributed by atoms with Gasteiger partial charge in [0.25, 0.3) is 0 Å². The van der Waals surface area contributed by atoms with Crippen LogP contribution in [-0.4, -0.2) is 22.6 Å². The first kappa shape index (κ1) is 18.0. The van der Waals surface area contributed by atoms with Gasteiger partial charge < -0.3 is 4.90 Å². The number of halogens is 1. The minimum atomic E-state index is -0.307. The highest BCUT2D eigenvalue weighted by atomic mass is 32.2. The Hall–Kier alpha value is -2.32. The molecular weight excluding hydrogens is 323 g/mol. The third-order valence-corrected chi connectivity index (χ3v) is 4.60. The summed E-state index contributed by atoms with van der Waals surface area (Å²) in [4.78, 5) is 14.8. The zero-order valence-corrected chi connectivity index (χ0v) is 14.5. The highest BCUT2D eigenvalue weighted by Gasteiger charge is 2.18. The van der Waals surface area contributed by atoms with Crippen LogP contribution in [0.5, 0.6) is 0 Å². The smallest absolute Gasteiger partial charge is 0.233 e. The lowest BCUT2D eigenvalue weighted by Crippen LogP contribution is -2.37. The molecule has 0 heterocycles. The van der Waals surface area contributed by atoms with Gasteiger partial charge in [-0.2, -0.15) is 5.26 Å². The molecule has 0 fully saturated rings. The fourth-order valence-electron chi connectivity index (χ4n) is 2.22. The molecule has 0 aromatic heterocycles. The van der Waals surface area contributed by atoms with Crippen molar-refractivity contribution in [3.8, 4) is 6.07 Å². The summed E-state index contributed by atoms with van der Waals surface area (Å²) in [6, 6.07) is 15.8.